The molecule has 0 unspecified atom stereocenters. The van der Waals surface area contributed by atoms with E-state index in [2.05, 4.69) is 4.98 Å². The number of nitro groups is 1. The lowest BCUT2D eigenvalue weighted by Gasteiger charge is -2.10. The van der Waals surface area contributed by atoms with E-state index < -0.39 is 40.4 Å². The predicted molar refractivity (Wildman–Crippen MR) is 47.2 cm³/mol. The molecule has 0 spiro atoms. The first kappa shape index (κ1) is 12.9. The van der Waals surface area contributed by atoms with Crippen molar-refractivity contribution in [1.29, 1.82) is 0 Å². The number of carboxylic acid groups (broad SMARTS) is 1. The van der Waals surface area contributed by atoms with Crippen molar-refractivity contribution in [1.82, 2.24) is 4.98 Å². The quantitative estimate of drug-likeness (QED) is 0.650. The van der Waals surface area contributed by atoms with Crippen LogP contribution in [0.25, 0.3) is 0 Å². The fourth-order valence-electron chi connectivity index (χ4n) is 1.25. The molecule has 0 fully saturated rings. The molecule has 0 atom stereocenters. The molecule has 0 bridgehead atoms. The van der Waals surface area contributed by atoms with Gasteiger partial charge >= 0.3 is 18.0 Å². The minimum absolute atomic E-state index is 0.688. The predicted octanol–water partition coefficient (Wildman–Crippen LogP) is 1.64. The van der Waals surface area contributed by atoms with Crippen LogP contribution in [0, 0.1) is 10.1 Å². The van der Waals surface area contributed by atoms with E-state index in [0.29, 0.717) is 0 Å². The second-order valence-corrected chi connectivity index (χ2v) is 2.99. The zero-order chi connectivity index (χ0) is 13.2. The molecule has 9 heteroatoms. The fourth-order valence-corrected chi connectivity index (χ4v) is 1.25. The second kappa shape index (κ2) is 4.36. The van der Waals surface area contributed by atoms with Gasteiger partial charge in [0.2, 0.25) is 0 Å². The van der Waals surface area contributed by atoms with Crippen molar-refractivity contribution in [3.63, 3.8) is 0 Å². The molecule has 1 rings (SSSR count). The molecule has 0 saturated heterocycles. The van der Waals surface area contributed by atoms with Gasteiger partial charge in [-0.1, -0.05) is 0 Å². The Morgan fingerprint density at radius 3 is 2.53 bits per heavy atom. The van der Waals surface area contributed by atoms with E-state index in [0.717, 1.165) is 12.3 Å². The van der Waals surface area contributed by atoms with Crippen LogP contribution in [0.15, 0.2) is 12.3 Å². The van der Waals surface area contributed by atoms with Gasteiger partial charge in [0.05, 0.1) is 6.42 Å². The summed E-state index contributed by atoms with van der Waals surface area (Å²) >= 11 is 0. The summed E-state index contributed by atoms with van der Waals surface area (Å²) < 4.78 is 37.7. The molecule has 1 N–H and O–H groups in total. The number of carbonyl (C=O) groups is 1. The molecule has 17 heavy (non-hydrogen) atoms. The Labute approximate surface area is 91.9 Å². The summed E-state index contributed by atoms with van der Waals surface area (Å²) in [6, 6.07) is 0.796. The van der Waals surface area contributed by atoms with Gasteiger partial charge < -0.3 is 15.2 Å². The molecular weight excluding hydrogens is 245 g/mol. The normalized spacial score (nSPS) is 11.2. The van der Waals surface area contributed by atoms with Crippen molar-refractivity contribution in [3.8, 4) is 0 Å². The van der Waals surface area contributed by atoms with E-state index in [9.17, 15) is 28.1 Å². The van der Waals surface area contributed by atoms with Crippen LogP contribution in [-0.2, 0) is 17.4 Å². The van der Waals surface area contributed by atoms with Gasteiger partial charge in [-0.2, -0.15) is 13.2 Å². The van der Waals surface area contributed by atoms with Crippen molar-refractivity contribution < 1.29 is 28.0 Å². The number of nitrogens with zero attached hydrogens (tertiary/aromatic N) is 2. The molecule has 0 aliphatic carbocycles. The number of aliphatic carboxylic acids is 1. The maximum Gasteiger partial charge on any atom is 0.424 e. The van der Waals surface area contributed by atoms with Crippen LogP contribution in [0.1, 0.15) is 11.1 Å². The first-order valence-corrected chi connectivity index (χ1v) is 4.14. The van der Waals surface area contributed by atoms with Gasteiger partial charge in [-0.25, -0.2) is 0 Å². The molecule has 0 radical (unpaired) electrons. The third-order valence-corrected chi connectivity index (χ3v) is 1.82. The summed E-state index contributed by atoms with van der Waals surface area (Å²) in [5.74, 6) is -2.91. The van der Waals surface area contributed by atoms with Gasteiger partial charge in [0.1, 0.15) is 6.20 Å². The number of aromatic nitrogens is 1. The van der Waals surface area contributed by atoms with Crippen molar-refractivity contribution >= 4 is 11.8 Å². The lowest BCUT2D eigenvalue weighted by molar-refractivity contribution is -0.392. The zero-order valence-electron chi connectivity index (χ0n) is 8.06. The number of halogens is 3. The minimum Gasteiger partial charge on any atom is -0.481 e. The lowest BCUT2D eigenvalue weighted by Crippen LogP contribution is -2.16. The summed E-state index contributed by atoms with van der Waals surface area (Å²) in [6.45, 7) is 0. The van der Waals surface area contributed by atoms with Crippen molar-refractivity contribution in [2.75, 3.05) is 0 Å². The Kier molecular flexibility index (Phi) is 3.30. The monoisotopic (exact) mass is 250 g/mol. The molecule has 0 amide bonds. The van der Waals surface area contributed by atoms with E-state index in [4.69, 9.17) is 5.11 Å². The molecule has 0 aromatic carbocycles. The Balaban J connectivity index is 3.45. The van der Waals surface area contributed by atoms with Crippen LogP contribution in [0.5, 0.6) is 0 Å². The standard InChI is InChI=1S/C8H5F3N2O4/c9-8(10,11)6-4(3-5(14)15)1-2-12-7(6)13(16)17/h1-2H,3H2,(H,14,15). The highest BCUT2D eigenvalue weighted by Crippen LogP contribution is 2.37. The maximum atomic E-state index is 12.6. The van der Waals surface area contributed by atoms with Crippen LogP contribution >= 0.6 is 0 Å². The number of hydrogen-bond donors (Lipinski definition) is 1. The van der Waals surface area contributed by atoms with Crippen molar-refractivity contribution in [2.45, 2.75) is 12.6 Å². The molecule has 6 nitrogen and oxygen atoms in total. The van der Waals surface area contributed by atoms with Crippen molar-refractivity contribution in [3.05, 3.63) is 33.5 Å². The van der Waals surface area contributed by atoms with Crippen LogP contribution in [0.2, 0.25) is 0 Å². The minimum atomic E-state index is -5.03. The van der Waals surface area contributed by atoms with E-state index in [1.807, 2.05) is 0 Å². The maximum absolute atomic E-state index is 12.6. The highest BCUT2D eigenvalue weighted by molar-refractivity contribution is 5.71. The van der Waals surface area contributed by atoms with Gasteiger partial charge in [-0.15, -0.1) is 0 Å². The molecule has 1 aromatic rings. The first-order chi connectivity index (χ1) is 7.73. The molecule has 1 aromatic heterocycles. The second-order valence-electron chi connectivity index (χ2n) is 2.99. The Hall–Kier alpha value is -2.19. The van der Waals surface area contributed by atoms with Gasteiger partial charge in [-0.05, 0) is 21.5 Å². The number of rotatable bonds is 3. The number of alkyl halides is 3. The SMILES string of the molecule is O=C(O)Cc1ccnc([N+](=O)[O-])c1C(F)(F)F. The van der Waals surface area contributed by atoms with Gasteiger partial charge in [0, 0.05) is 0 Å². The molecule has 0 aliphatic heterocycles. The van der Waals surface area contributed by atoms with E-state index in [1.165, 1.54) is 0 Å². The highest BCUT2D eigenvalue weighted by Gasteiger charge is 2.42. The van der Waals surface area contributed by atoms with Crippen LogP contribution in [0.3, 0.4) is 0 Å². The number of pyridine rings is 1. The Bertz CT molecular complexity index is 472. The van der Waals surface area contributed by atoms with Crippen molar-refractivity contribution in [2.24, 2.45) is 0 Å². The summed E-state index contributed by atoms with van der Waals surface area (Å²) in [6.07, 6.45) is -5.22. The summed E-state index contributed by atoms with van der Waals surface area (Å²) in [4.78, 5) is 22.5. The Morgan fingerprint density at radius 1 is 1.53 bits per heavy atom. The van der Waals surface area contributed by atoms with Crippen LogP contribution in [-0.4, -0.2) is 21.0 Å². The van der Waals surface area contributed by atoms with Crippen LogP contribution < -0.4 is 0 Å². The number of hydrogen-bond acceptors (Lipinski definition) is 4. The van der Waals surface area contributed by atoms with E-state index in [1.54, 1.807) is 0 Å². The first-order valence-electron chi connectivity index (χ1n) is 4.14. The van der Waals surface area contributed by atoms with Gasteiger partial charge in [0.25, 0.3) is 0 Å². The molecule has 0 aliphatic rings. The topological polar surface area (TPSA) is 93.3 Å². The third-order valence-electron chi connectivity index (χ3n) is 1.82. The van der Waals surface area contributed by atoms with Crippen LogP contribution in [0.4, 0.5) is 19.0 Å². The summed E-state index contributed by atoms with van der Waals surface area (Å²) in [7, 11) is 0. The number of carboxylic acids is 1. The Morgan fingerprint density at radius 2 is 2.12 bits per heavy atom. The molecular formula is C8H5F3N2O4. The average molecular weight is 250 g/mol. The molecule has 1 heterocycles. The smallest absolute Gasteiger partial charge is 0.424 e. The third kappa shape index (κ3) is 2.89. The molecule has 92 valence electrons. The highest BCUT2D eigenvalue weighted by atomic mass is 19.4. The zero-order valence-corrected chi connectivity index (χ0v) is 8.06. The van der Waals surface area contributed by atoms with E-state index in [-0.39, 0.29) is 0 Å². The largest absolute Gasteiger partial charge is 0.481 e. The van der Waals surface area contributed by atoms with E-state index >= 15 is 0 Å². The van der Waals surface area contributed by atoms with Gasteiger partial charge in [0.15, 0.2) is 5.56 Å². The lowest BCUT2D eigenvalue weighted by atomic mass is 10.1. The summed E-state index contributed by atoms with van der Waals surface area (Å²) in [5, 5.41) is 18.8. The molecule has 0 saturated carbocycles. The average Bonchev–Trinajstić information content (AvgIpc) is 2.14. The van der Waals surface area contributed by atoms with Gasteiger partial charge in [-0.3, -0.25) is 4.79 Å². The summed E-state index contributed by atoms with van der Waals surface area (Å²) in [5.41, 5.74) is -2.31. The fraction of sp³-hybridized carbons (Fsp3) is 0.250.